The molecule has 106 valence electrons. The first-order valence-corrected chi connectivity index (χ1v) is 5.76. The van der Waals surface area contributed by atoms with Crippen molar-refractivity contribution in [2.75, 3.05) is 18.0 Å². The van der Waals surface area contributed by atoms with E-state index in [-0.39, 0.29) is 12.5 Å². The zero-order valence-corrected chi connectivity index (χ0v) is 10.7. The summed E-state index contributed by atoms with van der Waals surface area (Å²) in [6.45, 7) is 4.27. The summed E-state index contributed by atoms with van der Waals surface area (Å²) in [5.74, 6) is -0.0220. The lowest BCUT2D eigenvalue weighted by Gasteiger charge is -2.24. The van der Waals surface area contributed by atoms with Crippen molar-refractivity contribution < 1.29 is 18.0 Å². The van der Waals surface area contributed by atoms with Crippen LogP contribution >= 0.6 is 0 Å². The Kier molecular flexibility index (Phi) is 4.74. The largest absolute Gasteiger partial charge is 0.417 e. The quantitative estimate of drug-likeness (QED) is 0.894. The van der Waals surface area contributed by atoms with Crippen LogP contribution < -0.4 is 10.6 Å². The van der Waals surface area contributed by atoms with Gasteiger partial charge >= 0.3 is 6.18 Å². The summed E-state index contributed by atoms with van der Waals surface area (Å²) in [5, 5.41) is 0. The molecule has 0 fully saturated rings. The minimum Gasteiger partial charge on any atom is -0.368 e. The molecule has 1 heterocycles. The summed E-state index contributed by atoms with van der Waals surface area (Å²) in [6.07, 6.45) is -3.66. The van der Waals surface area contributed by atoms with Crippen molar-refractivity contribution in [1.82, 2.24) is 4.98 Å². The average molecular weight is 275 g/mol. The van der Waals surface area contributed by atoms with Crippen LogP contribution in [0.15, 0.2) is 18.3 Å². The predicted molar refractivity (Wildman–Crippen MR) is 65.5 cm³/mol. The second kappa shape index (κ2) is 5.90. The second-order valence-electron chi connectivity index (χ2n) is 4.64. The van der Waals surface area contributed by atoms with Gasteiger partial charge in [-0.3, -0.25) is 4.79 Å². The SMILES string of the molecule is CC(C)CN(CC(N)=O)c1ccc(C(F)(F)F)cn1. The molecule has 0 aliphatic carbocycles. The van der Waals surface area contributed by atoms with Crippen LogP contribution in [0.5, 0.6) is 0 Å². The first-order valence-electron chi connectivity index (χ1n) is 5.76. The van der Waals surface area contributed by atoms with Crippen molar-refractivity contribution >= 4 is 11.7 Å². The molecule has 0 atom stereocenters. The number of amides is 1. The lowest BCUT2D eigenvalue weighted by atomic mass is 10.2. The van der Waals surface area contributed by atoms with Gasteiger partial charge in [0.15, 0.2) is 0 Å². The Labute approximate surface area is 109 Å². The smallest absolute Gasteiger partial charge is 0.368 e. The van der Waals surface area contributed by atoms with E-state index in [9.17, 15) is 18.0 Å². The van der Waals surface area contributed by atoms with Gasteiger partial charge < -0.3 is 10.6 Å². The molecule has 19 heavy (non-hydrogen) atoms. The summed E-state index contributed by atoms with van der Waals surface area (Å²) in [5.41, 5.74) is 4.30. The number of anilines is 1. The second-order valence-corrected chi connectivity index (χ2v) is 4.64. The molecule has 4 nitrogen and oxygen atoms in total. The fourth-order valence-corrected chi connectivity index (χ4v) is 1.61. The first-order chi connectivity index (χ1) is 8.70. The molecule has 0 radical (unpaired) electrons. The molecule has 0 unspecified atom stereocenters. The Morgan fingerprint density at radius 3 is 2.42 bits per heavy atom. The van der Waals surface area contributed by atoms with E-state index < -0.39 is 17.6 Å². The minimum absolute atomic E-state index is 0.0729. The van der Waals surface area contributed by atoms with E-state index in [0.717, 1.165) is 12.3 Å². The number of hydrogen-bond acceptors (Lipinski definition) is 3. The number of carbonyl (C=O) groups excluding carboxylic acids is 1. The highest BCUT2D eigenvalue weighted by Crippen LogP contribution is 2.29. The molecule has 0 spiro atoms. The highest BCUT2D eigenvalue weighted by atomic mass is 19.4. The van der Waals surface area contributed by atoms with Gasteiger partial charge in [0.25, 0.3) is 0 Å². The van der Waals surface area contributed by atoms with Crippen LogP contribution in [-0.4, -0.2) is 24.0 Å². The molecular weight excluding hydrogens is 259 g/mol. The number of pyridine rings is 1. The molecular formula is C12H16F3N3O. The third kappa shape index (κ3) is 4.76. The van der Waals surface area contributed by atoms with Crippen LogP contribution in [0.2, 0.25) is 0 Å². The number of nitrogens with two attached hydrogens (primary N) is 1. The maximum atomic E-state index is 12.4. The Morgan fingerprint density at radius 2 is 2.05 bits per heavy atom. The topological polar surface area (TPSA) is 59.2 Å². The summed E-state index contributed by atoms with van der Waals surface area (Å²) in [7, 11) is 0. The van der Waals surface area contributed by atoms with E-state index in [1.165, 1.54) is 6.07 Å². The Hall–Kier alpha value is -1.79. The van der Waals surface area contributed by atoms with Crippen LogP contribution in [0.4, 0.5) is 19.0 Å². The summed E-state index contributed by atoms with van der Waals surface area (Å²) < 4.78 is 37.2. The van der Waals surface area contributed by atoms with Crippen molar-refractivity contribution in [2.24, 2.45) is 11.7 Å². The van der Waals surface area contributed by atoms with E-state index in [0.29, 0.717) is 12.4 Å². The van der Waals surface area contributed by atoms with Crippen LogP contribution in [0.1, 0.15) is 19.4 Å². The van der Waals surface area contributed by atoms with E-state index >= 15 is 0 Å². The third-order valence-corrected chi connectivity index (χ3v) is 2.33. The number of primary amides is 1. The molecule has 0 aliphatic rings. The highest BCUT2D eigenvalue weighted by molar-refractivity contribution is 5.79. The van der Waals surface area contributed by atoms with Crippen LogP contribution in [0, 0.1) is 5.92 Å². The lowest BCUT2D eigenvalue weighted by molar-refractivity contribution is -0.137. The van der Waals surface area contributed by atoms with Gasteiger partial charge in [-0.15, -0.1) is 0 Å². The number of nitrogens with zero attached hydrogens (tertiary/aromatic N) is 2. The monoisotopic (exact) mass is 275 g/mol. The predicted octanol–water partition coefficient (Wildman–Crippen LogP) is 2.05. The minimum atomic E-state index is -4.42. The fourth-order valence-electron chi connectivity index (χ4n) is 1.61. The number of hydrogen-bond donors (Lipinski definition) is 1. The average Bonchev–Trinajstić information content (AvgIpc) is 2.26. The summed E-state index contributed by atoms with van der Waals surface area (Å²) in [6, 6.07) is 2.19. The van der Waals surface area contributed by atoms with E-state index in [1.54, 1.807) is 4.90 Å². The van der Waals surface area contributed by atoms with Gasteiger partial charge in [0.2, 0.25) is 5.91 Å². The van der Waals surface area contributed by atoms with Gasteiger partial charge in [-0.2, -0.15) is 13.2 Å². The van der Waals surface area contributed by atoms with Gasteiger partial charge in [-0.1, -0.05) is 13.8 Å². The van der Waals surface area contributed by atoms with E-state index in [1.807, 2.05) is 13.8 Å². The molecule has 0 saturated carbocycles. The Bertz CT molecular complexity index is 429. The van der Waals surface area contributed by atoms with Crippen LogP contribution in [0.25, 0.3) is 0 Å². The van der Waals surface area contributed by atoms with Crippen LogP contribution in [-0.2, 0) is 11.0 Å². The lowest BCUT2D eigenvalue weighted by Crippen LogP contribution is -2.36. The molecule has 1 aromatic rings. The van der Waals surface area contributed by atoms with Crippen molar-refractivity contribution in [3.63, 3.8) is 0 Å². The normalized spacial score (nSPS) is 11.7. The number of halogens is 3. The third-order valence-electron chi connectivity index (χ3n) is 2.33. The maximum absolute atomic E-state index is 12.4. The molecule has 7 heteroatoms. The first kappa shape index (κ1) is 15.3. The Balaban J connectivity index is 2.93. The fraction of sp³-hybridized carbons (Fsp3) is 0.500. The zero-order valence-electron chi connectivity index (χ0n) is 10.7. The molecule has 2 N–H and O–H groups in total. The molecule has 1 aromatic heterocycles. The van der Waals surface area contributed by atoms with Gasteiger partial charge in [0.05, 0.1) is 12.1 Å². The van der Waals surface area contributed by atoms with Gasteiger partial charge in [-0.05, 0) is 18.1 Å². The van der Waals surface area contributed by atoms with E-state index in [2.05, 4.69) is 4.98 Å². The molecule has 0 aliphatic heterocycles. The van der Waals surface area contributed by atoms with Gasteiger partial charge in [0.1, 0.15) is 5.82 Å². The van der Waals surface area contributed by atoms with Crippen molar-refractivity contribution in [3.8, 4) is 0 Å². The van der Waals surface area contributed by atoms with Crippen molar-refractivity contribution in [2.45, 2.75) is 20.0 Å². The number of carbonyl (C=O) groups is 1. The maximum Gasteiger partial charge on any atom is 0.417 e. The van der Waals surface area contributed by atoms with Gasteiger partial charge in [0, 0.05) is 12.7 Å². The number of alkyl halides is 3. The van der Waals surface area contributed by atoms with Crippen LogP contribution in [0.3, 0.4) is 0 Å². The molecule has 0 aromatic carbocycles. The molecule has 0 bridgehead atoms. The van der Waals surface area contributed by atoms with E-state index in [4.69, 9.17) is 5.73 Å². The summed E-state index contributed by atoms with van der Waals surface area (Å²) in [4.78, 5) is 16.3. The standard InChI is InChI=1S/C12H16F3N3O/c1-8(2)6-18(7-10(16)19)11-4-3-9(5-17-11)12(13,14)15/h3-5,8H,6-7H2,1-2H3,(H2,16,19). The number of aromatic nitrogens is 1. The Morgan fingerprint density at radius 1 is 1.42 bits per heavy atom. The highest BCUT2D eigenvalue weighted by Gasteiger charge is 2.30. The van der Waals surface area contributed by atoms with Gasteiger partial charge in [-0.25, -0.2) is 4.98 Å². The zero-order chi connectivity index (χ0) is 14.6. The molecule has 1 amide bonds. The molecule has 1 rings (SSSR count). The molecule has 0 saturated heterocycles. The van der Waals surface area contributed by atoms with Crippen molar-refractivity contribution in [1.29, 1.82) is 0 Å². The summed E-state index contributed by atoms with van der Waals surface area (Å²) >= 11 is 0. The number of rotatable bonds is 5. The van der Waals surface area contributed by atoms with Crippen molar-refractivity contribution in [3.05, 3.63) is 23.9 Å².